The van der Waals surface area contributed by atoms with Gasteiger partial charge in [0, 0.05) is 0 Å². The maximum Gasteiger partial charge on any atom is 0.341 e. The quantitative estimate of drug-likeness (QED) is 0.512. The van der Waals surface area contributed by atoms with E-state index in [0.717, 1.165) is 0 Å². The molecule has 0 aromatic heterocycles. The van der Waals surface area contributed by atoms with Crippen molar-refractivity contribution in [3.8, 4) is 17.2 Å². The van der Waals surface area contributed by atoms with Crippen molar-refractivity contribution in [3.63, 3.8) is 0 Å². The average molecular weight is 166 g/mol. The van der Waals surface area contributed by atoms with Crippen LogP contribution in [0.25, 0.3) is 0 Å². The van der Waals surface area contributed by atoms with Gasteiger partial charge in [0.15, 0.2) is 11.5 Å². The lowest BCUT2D eigenvalue weighted by Crippen LogP contribution is -1.98. The maximum atomic E-state index is 11.0. The van der Waals surface area contributed by atoms with E-state index in [9.17, 15) is 4.79 Å². The van der Waals surface area contributed by atoms with Crippen molar-refractivity contribution < 1.29 is 19.4 Å². The third-order valence-electron chi connectivity index (χ3n) is 1.66. The van der Waals surface area contributed by atoms with Crippen LogP contribution >= 0.6 is 0 Å². The van der Waals surface area contributed by atoms with Crippen molar-refractivity contribution in [1.29, 1.82) is 0 Å². The predicted molar refractivity (Wildman–Crippen MR) is 39.5 cm³/mol. The highest BCUT2D eigenvalue weighted by molar-refractivity contribution is 5.96. The van der Waals surface area contributed by atoms with Gasteiger partial charge >= 0.3 is 5.97 Å². The van der Waals surface area contributed by atoms with E-state index in [1.165, 1.54) is 19.2 Å². The number of hydrogen-bond donors (Lipinski definition) is 1. The van der Waals surface area contributed by atoms with E-state index >= 15 is 0 Å². The molecule has 0 spiro atoms. The van der Waals surface area contributed by atoms with Crippen LogP contribution in [-0.2, 0) is 4.74 Å². The van der Waals surface area contributed by atoms with E-state index in [2.05, 4.69) is 4.74 Å². The molecule has 2 rings (SSSR count). The maximum absolute atomic E-state index is 11.0. The predicted octanol–water partition coefficient (Wildman–Crippen LogP) is 1.28. The molecule has 0 amide bonds. The molecule has 0 radical (unpaired) electrons. The molecule has 0 atom stereocenters. The summed E-state index contributed by atoms with van der Waals surface area (Å²) in [6, 6.07) is 2.87. The number of aromatic hydroxyl groups is 1. The van der Waals surface area contributed by atoms with Crippen LogP contribution in [0.3, 0.4) is 0 Å². The van der Waals surface area contributed by atoms with Gasteiger partial charge in [-0.15, -0.1) is 0 Å². The monoisotopic (exact) mass is 166 g/mol. The van der Waals surface area contributed by atoms with Gasteiger partial charge in [0.25, 0.3) is 0 Å². The highest BCUT2D eigenvalue weighted by atomic mass is 16.6. The largest absolute Gasteiger partial charge is 0.504 e. The van der Waals surface area contributed by atoms with Crippen molar-refractivity contribution in [2.75, 3.05) is 7.11 Å². The Labute approximate surface area is 68.3 Å². The summed E-state index contributed by atoms with van der Waals surface area (Å²) in [5, 5.41) is 9.07. The first-order valence-corrected chi connectivity index (χ1v) is 3.36. The number of methoxy groups -OCH3 is 1. The standard InChI is InChI=1S/C8H6O4/c1-11-8(10)4-2-3-5(9)7-6(4)12-7/h2-3,9H,1H3. The first-order chi connectivity index (χ1) is 5.74. The van der Waals surface area contributed by atoms with Gasteiger partial charge in [0.05, 0.1) is 7.11 Å². The highest BCUT2D eigenvalue weighted by Gasteiger charge is 2.32. The summed E-state index contributed by atoms with van der Waals surface area (Å²) in [7, 11) is 1.30. The van der Waals surface area contributed by atoms with Crippen LogP contribution < -0.4 is 4.74 Å². The third-order valence-corrected chi connectivity index (χ3v) is 1.66. The van der Waals surface area contributed by atoms with E-state index in [1.54, 1.807) is 0 Å². The first kappa shape index (κ1) is 6.97. The fourth-order valence-corrected chi connectivity index (χ4v) is 1.01. The van der Waals surface area contributed by atoms with Crippen LogP contribution in [0.2, 0.25) is 0 Å². The molecule has 1 heterocycles. The Bertz CT molecular complexity index is 356. The summed E-state index contributed by atoms with van der Waals surface area (Å²) < 4.78 is 9.36. The van der Waals surface area contributed by atoms with Crippen LogP contribution in [0.15, 0.2) is 12.1 Å². The van der Waals surface area contributed by atoms with E-state index in [1.807, 2.05) is 0 Å². The third kappa shape index (κ3) is 0.812. The number of phenols is 1. The summed E-state index contributed by atoms with van der Waals surface area (Å²) >= 11 is 0. The number of esters is 1. The minimum atomic E-state index is -0.455. The van der Waals surface area contributed by atoms with Gasteiger partial charge in [0.2, 0.25) is 5.75 Å². The number of fused-ring (bicyclic) bond motifs is 1. The lowest BCUT2D eigenvalue weighted by molar-refractivity contribution is 0.0600. The molecular formula is C8H6O4. The molecule has 4 heteroatoms. The number of carbonyl (C=O) groups is 1. The van der Waals surface area contributed by atoms with Crippen molar-refractivity contribution in [3.05, 3.63) is 17.7 Å². The summed E-state index contributed by atoms with van der Waals surface area (Å²) in [6.45, 7) is 0. The fourth-order valence-electron chi connectivity index (χ4n) is 1.01. The summed E-state index contributed by atoms with van der Waals surface area (Å²) in [4.78, 5) is 11.0. The van der Waals surface area contributed by atoms with E-state index in [0.29, 0.717) is 17.1 Å². The Hall–Kier alpha value is -1.71. The molecule has 0 unspecified atom stereocenters. The molecule has 62 valence electrons. The molecule has 0 bridgehead atoms. The Morgan fingerprint density at radius 2 is 2.25 bits per heavy atom. The smallest absolute Gasteiger partial charge is 0.341 e. The number of phenolic OH excluding ortho intramolecular Hbond substituents is 1. The highest BCUT2D eigenvalue weighted by Crippen LogP contribution is 2.54. The molecule has 1 aromatic carbocycles. The molecule has 12 heavy (non-hydrogen) atoms. The number of carbonyl (C=O) groups excluding carboxylic acids is 1. The molecule has 1 aliphatic heterocycles. The zero-order chi connectivity index (χ0) is 8.72. The minimum Gasteiger partial charge on any atom is -0.504 e. The topological polar surface area (TPSA) is 59.1 Å². The lowest BCUT2D eigenvalue weighted by atomic mass is 10.2. The molecule has 0 fully saturated rings. The number of ether oxygens (including phenoxy) is 2. The van der Waals surface area contributed by atoms with Crippen LogP contribution in [0.1, 0.15) is 10.4 Å². The average Bonchev–Trinajstić information content (AvgIpc) is 2.84. The molecule has 1 aliphatic rings. The summed E-state index contributed by atoms with van der Waals surface area (Å²) in [6.07, 6.45) is 0. The normalized spacial score (nSPS) is 11.4. The summed E-state index contributed by atoms with van der Waals surface area (Å²) in [5.74, 6) is 0.390. The van der Waals surface area contributed by atoms with Gasteiger partial charge in [-0.1, -0.05) is 0 Å². The zero-order valence-electron chi connectivity index (χ0n) is 6.33. The molecule has 1 N–H and O–H groups in total. The second kappa shape index (κ2) is 2.14. The lowest BCUT2D eigenvalue weighted by Gasteiger charge is -1.93. The van der Waals surface area contributed by atoms with Crippen LogP contribution in [0.4, 0.5) is 0 Å². The van der Waals surface area contributed by atoms with Crippen molar-refractivity contribution in [2.24, 2.45) is 0 Å². The molecular weight excluding hydrogens is 160 g/mol. The van der Waals surface area contributed by atoms with Crippen LogP contribution in [-0.4, -0.2) is 18.2 Å². The Morgan fingerprint density at radius 1 is 1.50 bits per heavy atom. The van der Waals surface area contributed by atoms with Gasteiger partial charge in [-0.2, -0.15) is 0 Å². The second-order valence-corrected chi connectivity index (χ2v) is 2.38. The Balaban J connectivity index is 2.44. The Kier molecular flexibility index (Phi) is 1.24. The van der Waals surface area contributed by atoms with Gasteiger partial charge < -0.3 is 14.6 Å². The second-order valence-electron chi connectivity index (χ2n) is 2.38. The molecule has 1 aromatic rings. The number of benzene rings is 1. The zero-order valence-corrected chi connectivity index (χ0v) is 6.33. The van der Waals surface area contributed by atoms with Crippen molar-refractivity contribution in [2.45, 2.75) is 0 Å². The molecule has 0 saturated heterocycles. The van der Waals surface area contributed by atoms with Gasteiger partial charge in [-0.3, -0.25) is 0 Å². The van der Waals surface area contributed by atoms with Crippen LogP contribution in [0.5, 0.6) is 17.2 Å². The van der Waals surface area contributed by atoms with Crippen molar-refractivity contribution >= 4 is 5.97 Å². The molecule has 4 nitrogen and oxygen atoms in total. The van der Waals surface area contributed by atoms with E-state index < -0.39 is 5.97 Å². The van der Waals surface area contributed by atoms with E-state index in [-0.39, 0.29) is 5.75 Å². The van der Waals surface area contributed by atoms with Crippen molar-refractivity contribution in [1.82, 2.24) is 0 Å². The van der Waals surface area contributed by atoms with Gasteiger partial charge in [0.1, 0.15) is 5.56 Å². The number of rotatable bonds is 1. The molecule has 0 saturated carbocycles. The van der Waals surface area contributed by atoms with Crippen LogP contribution in [0, 0.1) is 0 Å². The van der Waals surface area contributed by atoms with Gasteiger partial charge in [-0.05, 0) is 12.1 Å². The minimum absolute atomic E-state index is 0.0534. The van der Waals surface area contributed by atoms with E-state index in [4.69, 9.17) is 9.84 Å². The van der Waals surface area contributed by atoms with Gasteiger partial charge in [-0.25, -0.2) is 4.79 Å². The Morgan fingerprint density at radius 3 is 2.92 bits per heavy atom. The summed E-state index contributed by atoms with van der Waals surface area (Å²) in [5.41, 5.74) is 0.352. The SMILES string of the molecule is COC(=O)c1ccc(O)c2c1O2. The number of hydrogen-bond acceptors (Lipinski definition) is 4. The fraction of sp³-hybridized carbons (Fsp3) is 0.125. The first-order valence-electron chi connectivity index (χ1n) is 3.36. The molecule has 0 aliphatic carbocycles.